The second kappa shape index (κ2) is 6.25. The summed E-state index contributed by atoms with van der Waals surface area (Å²) in [5.74, 6) is 1.77. The van der Waals surface area contributed by atoms with Crippen LogP contribution < -0.4 is 5.32 Å². The van der Waals surface area contributed by atoms with E-state index in [4.69, 9.17) is 4.42 Å². The van der Waals surface area contributed by atoms with Crippen molar-refractivity contribution in [3.63, 3.8) is 0 Å². The number of nitrogens with one attached hydrogen (secondary N) is 1. The van der Waals surface area contributed by atoms with E-state index in [1.54, 1.807) is 6.26 Å². The van der Waals surface area contributed by atoms with E-state index < -0.39 is 0 Å². The van der Waals surface area contributed by atoms with E-state index in [1.165, 1.54) is 44.1 Å². The fraction of sp³-hybridized carbons (Fsp3) is 0.733. The Morgan fingerprint density at radius 1 is 1.35 bits per heavy atom. The van der Waals surface area contributed by atoms with Gasteiger partial charge in [-0.25, -0.2) is 0 Å². The fourth-order valence-electron chi connectivity index (χ4n) is 3.34. The molecule has 2 rings (SSSR count). The molecule has 96 valence electrons. The van der Waals surface area contributed by atoms with Gasteiger partial charge in [0, 0.05) is 11.6 Å². The van der Waals surface area contributed by atoms with Gasteiger partial charge in [-0.15, -0.1) is 0 Å². The molecule has 17 heavy (non-hydrogen) atoms. The number of furan rings is 1. The van der Waals surface area contributed by atoms with Gasteiger partial charge < -0.3 is 9.73 Å². The Morgan fingerprint density at radius 2 is 2.12 bits per heavy atom. The molecular weight excluding hydrogens is 210 g/mol. The Kier molecular flexibility index (Phi) is 4.66. The van der Waals surface area contributed by atoms with Crippen LogP contribution in [-0.2, 0) is 0 Å². The van der Waals surface area contributed by atoms with Crippen LogP contribution >= 0.6 is 0 Å². The van der Waals surface area contributed by atoms with Crippen molar-refractivity contribution in [1.29, 1.82) is 0 Å². The van der Waals surface area contributed by atoms with Crippen LogP contribution in [0.4, 0.5) is 0 Å². The summed E-state index contributed by atoms with van der Waals surface area (Å²) in [5.41, 5.74) is 1.31. The maximum Gasteiger partial charge on any atom is 0.0950 e. The molecule has 1 aliphatic carbocycles. The fourth-order valence-corrected chi connectivity index (χ4v) is 3.34. The van der Waals surface area contributed by atoms with E-state index in [-0.39, 0.29) is 0 Å². The highest BCUT2D eigenvalue weighted by molar-refractivity contribution is 5.13. The number of hydrogen-bond acceptors (Lipinski definition) is 2. The van der Waals surface area contributed by atoms with Crippen molar-refractivity contribution in [3.05, 3.63) is 24.2 Å². The minimum Gasteiger partial charge on any atom is -0.472 e. The molecule has 0 spiro atoms. The van der Waals surface area contributed by atoms with E-state index in [9.17, 15) is 0 Å². The van der Waals surface area contributed by atoms with Crippen molar-refractivity contribution in [2.75, 3.05) is 7.05 Å². The van der Waals surface area contributed by atoms with Crippen molar-refractivity contribution in [1.82, 2.24) is 5.32 Å². The standard InChI is InChI=1S/C15H25NO/c1-3-4-12-5-7-13(8-6-12)15(16-2)14-9-10-17-11-14/h9-13,15-16H,3-8H2,1-2H3. The molecule has 1 N–H and O–H groups in total. The van der Waals surface area contributed by atoms with Gasteiger partial charge in [-0.1, -0.05) is 32.6 Å². The molecule has 1 aromatic heterocycles. The largest absolute Gasteiger partial charge is 0.472 e. The third-order valence-corrected chi connectivity index (χ3v) is 4.27. The van der Waals surface area contributed by atoms with Crippen molar-refractivity contribution in [3.8, 4) is 0 Å². The topological polar surface area (TPSA) is 25.2 Å². The van der Waals surface area contributed by atoms with Gasteiger partial charge in [0.1, 0.15) is 0 Å². The second-order valence-corrected chi connectivity index (χ2v) is 5.39. The van der Waals surface area contributed by atoms with Gasteiger partial charge in [0.25, 0.3) is 0 Å². The summed E-state index contributed by atoms with van der Waals surface area (Å²) in [7, 11) is 2.07. The minimum atomic E-state index is 0.483. The van der Waals surface area contributed by atoms with Crippen LogP contribution in [0, 0.1) is 11.8 Å². The second-order valence-electron chi connectivity index (χ2n) is 5.39. The summed E-state index contributed by atoms with van der Waals surface area (Å²) in [6, 6.07) is 2.58. The third kappa shape index (κ3) is 3.12. The van der Waals surface area contributed by atoms with Gasteiger partial charge in [-0.05, 0) is 37.8 Å². The average Bonchev–Trinajstić information content (AvgIpc) is 2.86. The molecule has 0 bridgehead atoms. The van der Waals surface area contributed by atoms with E-state index in [2.05, 4.69) is 25.4 Å². The molecule has 0 amide bonds. The van der Waals surface area contributed by atoms with Gasteiger partial charge in [0.15, 0.2) is 0 Å². The Bertz CT molecular complexity index is 299. The molecule has 0 aromatic carbocycles. The maximum absolute atomic E-state index is 5.21. The predicted molar refractivity (Wildman–Crippen MR) is 70.9 cm³/mol. The molecule has 1 fully saturated rings. The van der Waals surface area contributed by atoms with Crippen molar-refractivity contribution in [2.24, 2.45) is 11.8 Å². The zero-order valence-corrected chi connectivity index (χ0v) is 11.1. The van der Waals surface area contributed by atoms with Crippen molar-refractivity contribution >= 4 is 0 Å². The van der Waals surface area contributed by atoms with Crippen LogP contribution in [0.1, 0.15) is 57.1 Å². The summed E-state index contributed by atoms with van der Waals surface area (Å²) < 4.78 is 5.21. The maximum atomic E-state index is 5.21. The minimum absolute atomic E-state index is 0.483. The van der Waals surface area contributed by atoms with E-state index in [0.29, 0.717) is 6.04 Å². The summed E-state index contributed by atoms with van der Waals surface area (Å²) in [4.78, 5) is 0. The highest BCUT2D eigenvalue weighted by atomic mass is 16.3. The first-order chi connectivity index (χ1) is 8.35. The Labute approximate surface area is 105 Å². The lowest BCUT2D eigenvalue weighted by atomic mass is 9.76. The molecule has 1 saturated carbocycles. The first-order valence-electron chi connectivity index (χ1n) is 7.04. The molecule has 0 saturated heterocycles. The Morgan fingerprint density at radius 3 is 2.65 bits per heavy atom. The zero-order chi connectivity index (χ0) is 12.1. The lowest BCUT2D eigenvalue weighted by Gasteiger charge is -2.33. The third-order valence-electron chi connectivity index (χ3n) is 4.27. The molecule has 1 aromatic rings. The Hall–Kier alpha value is -0.760. The van der Waals surface area contributed by atoms with Gasteiger partial charge in [0.05, 0.1) is 12.5 Å². The SMILES string of the molecule is CCCC1CCC(C(NC)c2ccoc2)CC1. The van der Waals surface area contributed by atoms with Gasteiger partial charge in [0.2, 0.25) is 0 Å². The summed E-state index contributed by atoms with van der Waals surface area (Å²) in [6.45, 7) is 2.30. The quantitative estimate of drug-likeness (QED) is 0.829. The van der Waals surface area contributed by atoms with Gasteiger partial charge in [-0.3, -0.25) is 0 Å². The van der Waals surface area contributed by atoms with Crippen LogP contribution in [0.5, 0.6) is 0 Å². The molecule has 1 aliphatic rings. The summed E-state index contributed by atoms with van der Waals surface area (Å²) in [5, 5.41) is 3.46. The van der Waals surface area contributed by atoms with Gasteiger partial charge in [-0.2, -0.15) is 0 Å². The normalized spacial score (nSPS) is 26.9. The lowest BCUT2D eigenvalue weighted by Crippen LogP contribution is -2.28. The molecule has 2 nitrogen and oxygen atoms in total. The molecule has 1 unspecified atom stereocenters. The summed E-state index contributed by atoms with van der Waals surface area (Å²) >= 11 is 0. The Balaban J connectivity index is 1.90. The monoisotopic (exact) mass is 235 g/mol. The molecule has 2 heteroatoms. The average molecular weight is 235 g/mol. The van der Waals surface area contributed by atoms with Crippen LogP contribution in [0.15, 0.2) is 23.0 Å². The van der Waals surface area contributed by atoms with Crippen molar-refractivity contribution in [2.45, 2.75) is 51.5 Å². The molecule has 1 atom stereocenters. The van der Waals surface area contributed by atoms with E-state index in [0.717, 1.165) is 11.8 Å². The lowest BCUT2D eigenvalue weighted by molar-refractivity contribution is 0.219. The summed E-state index contributed by atoms with van der Waals surface area (Å²) in [6.07, 6.45) is 12.0. The molecule has 0 radical (unpaired) electrons. The zero-order valence-electron chi connectivity index (χ0n) is 11.1. The number of rotatable bonds is 5. The van der Waals surface area contributed by atoms with Crippen LogP contribution in [0.3, 0.4) is 0 Å². The molecular formula is C15H25NO. The van der Waals surface area contributed by atoms with Gasteiger partial charge >= 0.3 is 0 Å². The first kappa shape index (κ1) is 12.7. The highest BCUT2D eigenvalue weighted by Crippen LogP contribution is 2.38. The van der Waals surface area contributed by atoms with E-state index in [1.807, 2.05) is 6.26 Å². The van der Waals surface area contributed by atoms with E-state index >= 15 is 0 Å². The van der Waals surface area contributed by atoms with Crippen LogP contribution in [0.2, 0.25) is 0 Å². The smallest absolute Gasteiger partial charge is 0.0950 e. The molecule has 0 aliphatic heterocycles. The van der Waals surface area contributed by atoms with Crippen LogP contribution in [-0.4, -0.2) is 7.05 Å². The van der Waals surface area contributed by atoms with Crippen molar-refractivity contribution < 1.29 is 4.42 Å². The first-order valence-corrected chi connectivity index (χ1v) is 7.04. The predicted octanol–water partition coefficient (Wildman–Crippen LogP) is 4.15. The van der Waals surface area contributed by atoms with Crippen LogP contribution in [0.25, 0.3) is 0 Å². The number of hydrogen-bond donors (Lipinski definition) is 1. The molecule has 1 heterocycles. The highest BCUT2D eigenvalue weighted by Gasteiger charge is 2.27.